The summed E-state index contributed by atoms with van der Waals surface area (Å²) in [6.45, 7) is 3.97. The van der Waals surface area contributed by atoms with Crippen molar-refractivity contribution in [3.8, 4) is 0 Å². The Balaban J connectivity index is 2.34. The van der Waals surface area contributed by atoms with E-state index >= 15 is 0 Å². The van der Waals surface area contributed by atoms with Gasteiger partial charge >= 0.3 is 0 Å². The van der Waals surface area contributed by atoms with Crippen LogP contribution >= 0.6 is 0 Å². The van der Waals surface area contributed by atoms with E-state index in [1.165, 1.54) is 19.9 Å². The van der Waals surface area contributed by atoms with Gasteiger partial charge in [0.1, 0.15) is 0 Å². The highest BCUT2D eigenvalue weighted by atomic mass is 32.2. The number of hydrogen-bond donors (Lipinski definition) is 2. The van der Waals surface area contributed by atoms with Gasteiger partial charge in [-0.25, -0.2) is 13.1 Å². The summed E-state index contributed by atoms with van der Waals surface area (Å²) in [7, 11) is -2.01. The van der Waals surface area contributed by atoms with Crippen molar-refractivity contribution in [3.63, 3.8) is 0 Å². The molecule has 0 aliphatic heterocycles. The molecule has 1 aliphatic rings. The minimum Gasteiger partial charge on any atom is -0.397 e. The molecule has 3 N–H and O–H groups in total. The summed E-state index contributed by atoms with van der Waals surface area (Å²) in [6, 6.07) is 4.90. The lowest BCUT2D eigenvalue weighted by Gasteiger charge is -2.26. The molecule has 1 saturated carbocycles. The molecule has 0 bridgehead atoms. The fraction of sp³-hybridized carbons (Fsp3) is 0.571. The fourth-order valence-corrected chi connectivity index (χ4v) is 3.02. The number of anilines is 2. The predicted molar refractivity (Wildman–Crippen MR) is 82.3 cm³/mol. The number of nitrogen functional groups attached to an aromatic ring is 1. The molecule has 0 aromatic heterocycles. The summed E-state index contributed by atoms with van der Waals surface area (Å²) in [5.41, 5.74) is 7.51. The summed E-state index contributed by atoms with van der Waals surface area (Å²) in [6.07, 6.45) is 3.53. The molecule has 1 fully saturated rings. The Hall–Kier alpha value is -1.27. The molecule has 0 atom stereocenters. The molecule has 112 valence electrons. The van der Waals surface area contributed by atoms with E-state index in [0.717, 1.165) is 31.1 Å². The van der Waals surface area contributed by atoms with Gasteiger partial charge in [0.05, 0.1) is 16.3 Å². The highest BCUT2D eigenvalue weighted by Crippen LogP contribution is 2.34. The Bertz CT molecular complexity index is 568. The molecule has 0 heterocycles. The van der Waals surface area contributed by atoms with Gasteiger partial charge in [0.15, 0.2) is 0 Å². The topological polar surface area (TPSA) is 75.4 Å². The van der Waals surface area contributed by atoms with Crippen LogP contribution in [-0.2, 0) is 10.0 Å². The normalized spacial score (nSPS) is 15.3. The average Bonchev–Trinajstić information content (AvgIpc) is 3.22. The maximum absolute atomic E-state index is 11.9. The lowest BCUT2D eigenvalue weighted by Crippen LogP contribution is -2.28. The lowest BCUT2D eigenvalue weighted by atomic mass is 10.2. The van der Waals surface area contributed by atoms with E-state index in [1.807, 2.05) is 0 Å². The molecule has 2 rings (SSSR count). The average molecular weight is 297 g/mol. The highest BCUT2D eigenvalue weighted by molar-refractivity contribution is 7.89. The van der Waals surface area contributed by atoms with Crippen LogP contribution in [0.5, 0.6) is 0 Å². The van der Waals surface area contributed by atoms with E-state index < -0.39 is 10.0 Å². The molecule has 0 unspecified atom stereocenters. The van der Waals surface area contributed by atoms with E-state index in [2.05, 4.69) is 16.5 Å². The van der Waals surface area contributed by atoms with E-state index in [0.29, 0.717) is 5.69 Å². The number of benzene rings is 1. The summed E-state index contributed by atoms with van der Waals surface area (Å²) in [4.78, 5) is 2.47. The predicted octanol–water partition coefficient (Wildman–Crippen LogP) is 1.80. The summed E-state index contributed by atoms with van der Waals surface area (Å²) < 4.78 is 26.2. The van der Waals surface area contributed by atoms with Crippen LogP contribution in [0.4, 0.5) is 11.4 Å². The van der Waals surface area contributed by atoms with Crippen molar-refractivity contribution in [2.24, 2.45) is 5.92 Å². The molecule has 20 heavy (non-hydrogen) atoms. The Morgan fingerprint density at radius 1 is 1.40 bits per heavy atom. The SMILES string of the molecule is CCCN(CC1CC1)c1cc(S(=O)(=O)NC)ccc1N. The molecule has 1 aromatic carbocycles. The standard InChI is InChI=1S/C14H23N3O2S/c1-3-8-17(10-11-4-5-11)14-9-12(6-7-13(14)15)20(18,19)16-2/h6-7,9,11,16H,3-5,8,10,15H2,1-2H3. The van der Waals surface area contributed by atoms with Crippen LogP contribution in [0.15, 0.2) is 23.1 Å². The molecule has 5 nitrogen and oxygen atoms in total. The Labute approximate surface area is 121 Å². The first-order valence-electron chi connectivity index (χ1n) is 7.06. The third-order valence-corrected chi connectivity index (χ3v) is 5.00. The molecule has 6 heteroatoms. The first-order valence-corrected chi connectivity index (χ1v) is 8.54. The van der Waals surface area contributed by atoms with Gasteiger partial charge in [0, 0.05) is 13.1 Å². The third kappa shape index (κ3) is 3.43. The minimum absolute atomic E-state index is 0.265. The van der Waals surface area contributed by atoms with Crippen molar-refractivity contribution in [2.45, 2.75) is 31.1 Å². The zero-order valence-electron chi connectivity index (χ0n) is 12.1. The van der Waals surface area contributed by atoms with E-state index in [9.17, 15) is 8.42 Å². The molecule has 0 amide bonds. The zero-order valence-corrected chi connectivity index (χ0v) is 12.9. The van der Waals surface area contributed by atoms with Crippen LogP contribution in [0.25, 0.3) is 0 Å². The van der Waals surface area contributed by atoms with Gasteiger partial charge in [-0.15, -0.1) is 0 Å². The molecule has 0 radical (unpaired) electrons. The van der Waals surface area contributed by atoms with E-state index in [4.69, 9.17) is 5.73 Å². The van der Waals surface area contributed by atoms with Crippen LogP contribution < -0.4 is 15.4 Å². The van der Waals surface area contributed by atoms with Crippen molar-refractivity contribution >= 4 is 21.4 Å². The summed E-state index contributed by atoms with van der Waals surface area (Å²) in [5, 5.41) is 0. The van der Waals surface area contributed by atoms with E-state index in [-0.39, 0.29) is 4.90 Å². The molecular formula is C14H23N3O2S. The van der Waals surface area contributed by atoms with Crippen LogP contribution in [0.1, 0.15) is 26.2 Å². The Morgan fingerprint density at radius 3 is 2.65 bits per heavy atom. The van der Waals surface area contributed by atoms with Crippen molar-refractivity contribution in [1.82, 2.24) is 4.72 Å². The number of sulfonamides is 1. The molecular weight excluding hydrogens is 274 g/mol. The van der Waals surface area contributed by atoms with Crippen molar-refractivity contribution in [1.29, 1.82) is 0 Å². The van der Waals surface area contributed by atoms with E-state index in [1.54, 1.807) is 18.2 Å². The monoisotopic (exact) mass is 297 g/mol. The van der Waals surface area contributed by atoms with Gasteiger partial charge in [-0.1, -0.05) is 6.92 Å². The van der Waals surface area contributed by atoms with Crippen LogP contribution in [-0.4, -0.2) is 28.6 Å². The van der Waals surface area contributed by atoms with Gasteiger partial charge < -0.3 is 10.6 Å². The number of hydrogen-bond acceptors (Lipinski definition) is 4. The summed E-state index contributed by atoms with van der Waals surface area (Å²) >= 11 is 0. The second-order valence-corrected chi connectivity index (χ2v) is 7.20. The molecule has 1 aromatic rings. The van der Waals surface area contributed by atoms with Crippen molar-refractivity contribution < 1.29 is 8.42 Å². The fourth-order valence-electron chi connectivity index (χ4n) is 2.27. The van der Waals surface area contributed by atoms with Gasteiger partial charge in [-0.2, -0.15) is 0 Å². The van der Waals surface area contributed by atoms with Gasteiger partial charge in [-0.3, -0.25) is 0 Å². The number of nitrogens with zero attached hydrogens (tertiary/aromatic N) is 1. The quantitative estimate of drug-likeness (QED) is 0.753. The number of rotatable bonds is 7. The largest absolute Gasteiger partial charge is 0.397 e. The van der Waals surface area contributed by atoms with Gasteiger partial charge in [-0.05, 0) is 50.4 Å². The van der Waals surface area contributed by atoms with Crippen LogP contribution in [0.2, 0.25) is 0 Å². The third-order valence-electron chi connectivity index (χ3n) is 3.59. The smallest absolute Gasteiger partial charge is 0.240 e. The first-order chi connectivity index (χ1) is 9.47. The lowest BCUT2D eigenvalue weighted by molar-refractivity contribution is 0.588. The maximum Gasteiger partial charge on any atom is 0.240 e. The van der Waals surface area contributed by atoms with Crippen LogP contribution in [0, 0.1) is 5.92 Å². The first kappa shape index (κ1) is 15.1. The zero-order chi connectivity index (χ0) is 14.8. The Morgan fingerprint density at radius 2 is 2.10 bits per heavy atom. The molecule has 1 aliphatic carbocycles. The Kier molecular flexibility index (Phi) is 4.55. The second kappa shape index (κ2) is 6.01. The number of nitrogens with one attached hydrogen (secondary N) is 1. The highest BCUT2D eigenvalue weighted by Gasteiger charge is 2.25. The number of nitrogens with two attached hydrogens (primary N) is 1. The van der Waals surface area contributed by atoms with Crippen LogP contribution in [0.3, 0.4) is 0 Å². The van der Waals surface area contributed by atoms with Gasteiger partial charge in [0.2, 0.25) is 10.0 Å². The summed E-state index contributed by atoms with van der Waals surface area (Å²) in [5.74, 6) is 0.727. The molecule has 0 spiro atoms. The van der Waals surface area contributed by atoms with Crippen molar-refractivity contribution in [2.75, 3.05) is 30.8 Å². The van der Waals surface area contributed by atoms with Crippen molar-refractivity contribution in [3.05, 3.63) is 18.2 Å². The second-order valence-electron chi connectivity index (χ2n) is 5.32. The maximum atomic E-state index is 11.9. The van der Waals surface area contributed by atoms with Gasteiger partial charge in [0.25, 0.3) is 0 Å². The minimum atomic E-state index is -3.43. The molecule has 0 saturated heterocycles.